The highest BCUT2D eigenvalue weighted by atomic mass is 16.5. The van der Waals surface area contributed by atoms with Gasteiger partial charge >= 0.3 is 5.97 Å². The normalized spacial score (nSPS) is 10.2. The molecule has 0 aliphatic carbocycles. The second-order valence-corrected chi connectivity index (χ2v) is 5.65. The van der Waals surface area contributed by atoms with Crippen LogP contribution >= 0.6 is 0 Å². The first-order valence-corrected chi connectivity index (χ1v) is 7.58. The van der Waals surface area contributed by atoms with E-state index in [-0.39, 0.29) is 18.7 Å². The van der Waals surface area contributed by atoms with Crippen molar-refractivity contribution in [2.75, 3.05) is 5.32 Å². The Labute approximate surface area is 136 Å². The number of carbonyl (C=O) groups is 2. The number of aryl methyl sites for hydroxylation is 3. The van der Waals surface area contributed by atoms with Crippen molar-refractivity contribution in [3.63, 3.8) is 0 Å². The van der Waals surface area contributed by atoms with Gasteiger partial charge in [0.15, 0.2) is 0 Å². The summed E-state index contributed by atoms with van der Waals surface area (Å²) < 4.78 is 5.19. The molecule has 0 spiro atoms. The third-order valence-corrected chi connectivity index (χ3v) is 3.46. The number of ether oxygens (including phenoxy) is 1. The summed E-state index contributed by atoms with van der Waals surface area (Å²) in [7, 11) is 0. The SMILES string of the molecule is Cc1ccc(OC(=O)CCC(=O)Nc2ccc(C)cc2C)cc1. The van der Waals surface area contributed by atoms with Gasteiger partial charge in [0.2, 0.25) is 5.91 Å². The highest BCUT2D eigenvalue weighted by Crippen LogP contribution is 2.17. The molecule has 120 valence electrons. The molecule has 23 heavy (non-hydrogen) atoms. The maximum atomic E-state index is 11.9. The van der Waals surface area contributed by atoms with Gasteiger partial charge in [0.25, 0.3) is 0 Å². The van der Waals surface area contributed by atoms with Crippen molar-refractivity contribution in [2.24, 2.45) is 0 Å². The van der Waals surface area contributed by atoms with Gasteiger partial charge in [-0.3, -0.25) is 9.59 Å². The third kappa shape index (κ3) is 5.25. The lowest BCUT2D eigenvalue weighted by Gasteiger charge is -2.09. The van der Waals surface area contributed by atoms with Crippen LogP contribution in [0.15, 0.2) is 42.5 Å². The minimum Gasteiger partial charge on any atom is -0.427 e. The highest BCUT2D eigenvalue weighted by molar-refractivity contribution is 5.93. The summed E-state index contributed by atoms with van der Waals surface area (Å²) in [6.07, 6.45) is 0.141. The van der Waals surface area contributed by atoms with Crippen molar-refractivity contribution in [2.45, 2.75) is 33.6 Å². The van der Waals surface area contributed by atoms with Gasteiger partial charge in [-0.1, -0.05) is 35.4 Å². The van der Waals surface area contributed by atoms with Crippen LogP contribution in [0, 0.1) is 20.8 Å². The maximum absolute atomic E-state index is 11.9. The van der Waals surface area contributed by atoms with Crippen LogP contribution in [0.25, 0.3) is 0 Å². The number of carbonyl (C=O) groups excluding carboxylic acids is 2. The van der Waals surface area contributed by atoms with Crippen molar-refractivity contribution in [3.8, 4) is 5.75 Å². The second kappa shape index (κ2) is 7.58. The molecular weight excluding hydrogens is 290 g/mol. The van der Waals surface area contributed by atoms with Gasteiger partial charge in [-0.05, 0) is 44.5 Å². The number of hydrogen-bond acceptors (Lipinski definition) is 3. The van der Waals surface area contributed by atoms with E-state index in [2.05, 4.69) is 5.32 Å². The largest absolute Gasteiger partial charge is 0.427 e. The molecule has 0 bridgehead atoms. The number of benzene rings is 2. The summed E-state index contributed by atoms with van der Waals surface area (Å²) >= 11 is 0. The van der Waals surface area contributed by atoms with Gasteiger partial charge in [0, 0.05) is 12.1 Å². The van der Waals surface area contributed by atoms with Crippen LogP contribution in [0.2, 0.25) is 0 Å². The second-order valence-electron chi connectivity index (χ2n) is 5.65. The Balaban J connectivity index is 1.81. The summed E-state index contributed by atoms with van der Waals surface area (Å²) in [5.41, 5.74) is 4.01. The summed E-state index contributed by atoms with van der Waals surface area (Å²) in [5, 5.41) is 2.82. The van der Waals surface area contributed by atoms with E-state index >= 15 is 0 Å². The minimum absolute atomic E-state index is 0.0462. The van der Waals surface area contributed by atoms with E-state index in [0.717, 1.165) is 22.4 Å². The van der Waals surface area contributed by atoms with Crippen LogP contribution < -0.4 is 10.1 Å². The van der Waals surface area contributed by atoms with Gasteiger partial charge in [-0.15, -0.1) is 0 Å². The topological polar surface area (TPSA) is 55.4 Å². The minimum atomic E-state index is -0.412. The molecule has 1 N–H and O–H groups in total. The molecule has 2 rings (SSSR count). The van der Waals surface area contributed by atoms with Crippen LogP contribution in [0.3, 0.4) is 0 Å². The Morgan fingerprint density at radius 3 is 2.22 bits per heavy atom. The number of amides is 1. The fraction of sp³-hybridized carbons (Fsp3) is 0.263. The van der Waals surface area contributed by atoms with Gasteiger partial charge in [0.1, 0.15) is 5.75 Å². The number of rotatable bonds is 5. The number of anilines is 1. The molecular formula is C19H21NO3. The van der Waals surface area contributed by atoms with Gasteiger partial charge in [0.05, 0.1) is 6.42 Å². The molecule has 0 aromatic heterocycles. The molecule has 0 heterocycles. The number of hydrogen-bond donors (Lipinski definition) is 1. The Morgan fingerprint density at radius 1 is 0.913 bits per heavy atom. The summed E-state index contributed by atoms with van der Waals surface area (Å²) in [5.74, 6) is -0.113. The first-order chi connectivity index (χ1) is 10.9. The van der Waals surface area contributed by atoms with Gasteiger partial charge < -0.3 is 10.1 Å². The molecule has 4 heteroatoms. The maximum Gasteiger partial charge on any atom is 0.311 e. The summed E-state index contributed by atoms with van der Waals surface area (Å²) in [6, 6.07) is 13.0. The monoisotopic (exact) mass is 311 g/mol. The molecule has 0 saturated carbocycles. The van der Waals surface area contributed by atoms with E-state index in [0.29, 0.717) is 5.75 Å². The highest BCUT2D eigenvalue weighted by Gasteiger charge is 2.10. The van der Waals surface area contributed by atoms with Gasteiger partial charge in [-0.25, -0.2) is 0 Å². The first kappa shape index (κ1) is 16.7. The van der Waals surface area contributed by atoms with Crippen molar-refractivity contribution < 1.29 is 14.3 Å². The molecule has 0 saturated heterocycles. The van der Waals surface area contributed by atoms with Crippen molar-refractivity contribution in [3.05, 3.63) is 59.2 Å². The Morgan fingerprint density at radius 2 is 1.57 bits per heavy atom. The zero-order valence-corrected chi connectivity index (χ0v) is 13.7. The smallest absolute Gasteiger partial charge is 0.311 e. The summed E-state index contributed by atoms with van der Waals surface area (Å²) in [4.78, 5) is 23.7. The molecule has 2 aromatic rings. The molecule has 0 fully saturated rings. The molecule has 0 aliphatic heterocycles. The predicted molar refractivity (Wildman–Crippen MR) is 90.6 cm³/mol. The Bertz CT molecular complexity index is 705. The molecule has 0 radical (unpaired) electrons. The molecule has 4 nitrogen and oxygen atoms in total. The van der Waals surface area contributed by atoms with E-state index in [9.17, 15) is 9.59 Å². The number of nitrogens with one attached hydrogen (secondary N) is 1. The quantitative estimate of drug-likeness (QED) is 0.672. The zero-order valence-electron chi connectivity index (χ0n) is 13.7. The van der Waals surface area contributed by atoms with Gasteiger partial charge in [-0.2, -0.15) is 0 Å². The molecule has 0 atom stereocenters. The molecule has 0 aliphatic rings. The van der Waals surface area contributed by atoms with Crippen molar-refractivity contribution >= 4 is 17.6 Å². The van der Waals surface area contributed by atoms with E-state index < -0.39 is 5.97 Å². The zero-order chi connectivity index (χ0) is 16.8. The van der Waals surface area contributed by atoms with Crippen molar-refractivity contribution in [1.82, 2.24) is 0 Å². The van der Waals surface area contributed by atoms with Crippen LogP contribution in [0.1, 0.15) is 29.5 Å². The van der Waals surface area contributed by atoms with E-state index in [1.165, 1.54) is 0 Å². The van der Waals surface area contributed by atoms with Crippen LogP contribution in [0.5, 0.6) is 5.75 Å². The lowest BCUT2D eigenvalue weighted by Crippen LogP contribution is -2.16. The summed E-state index contributed by atoms with van der Waals surface area (Å²) in [6.45, 7) is 5.90. The standard InChI is InChI=1S/C19H21NO3/c1-13-4-7-16(8-5-13)23-19(22)11-10-18(21)20-17-9-6-14(2)12-15(17)3/h4-9,12H,10-11H2,1-3H3,(H,20,21). The average Bonchev–Trinajstić information content (AvgIpc) is 2.50. The fourth-order valence-electron chi connectivity index (χ4n) is 2.17. The lowest BCUT2D eigenvalue weighted by atomic mass is 10.1. The van der Waals surface area contributed by atoms with Crippen LogP contribution in [-0.2, 0) is 9.59 Å². The average molecular weight is 311 g/mol. The fourth-order valence-corrected chi connectivity index (χ4v) is 2.17. The van der Waals surface area contributed by atoms with Crippen molar-refractivity contribution in [1.29, 1.82) is 0 Å². The van der Waals surface area contributed by atoms with Crippen LogP contribution in [0.4, 0.5) is 5.69 Å². The Kier molecular flexibility index (Phi) is 5.52. The van der Waals surface area contributed by atoms with Crippen LogP contribution in [-0.4, -0.2) is 11.9 Å². The predicted octanol–water partition coefficient (Wildman–Crippen LogP) is 3.94. The lowest BCUT2D eigenvalue weighted by molar-refractivity contribution is -0.135. The molecule has 0 unspecified atom stereocenters. The number of esters is 1. The molecule has 1 amide bonds. The van der Waals surface area contributed by atoms with E-state index in [1.54, 1.807) is 12.1 Å². The third-order valence-electron chi connectivity index (χ3n) is 3.46. The molecule has 2 aromatic carbocycles. The Hall–Kier alpha value is -2.62. The first-order valence-electron chi connectivity index (χ1n) is 7.58. The van der Waals surface area contributed by atoms with E-state index in [1.807, 2.05) is 51.1 Å². The van der Waals surface area contributed by atoms with E-state index in [4.69, 9.17) is 4.74 Å².